The maximum absolute atomic E-state index is 13.3. The second-order valence-electron chi connectivity index (χ2n) is 8.13. The van der Waals surface area contributed by atoms with E-state index < -0.39 is 5.95 Å². The van der Waals surface area contributed by atoms with Crippen molar-refractivity contribution in [2.24, 2.45) is 0 Å². The van der Waals surface area contributed by atoms with Crippen molar-refractivity contribution in [3.8, 4) is 11.1 Å². The van der Waals surface area contributed by atoms with Gasteiger partial charge in [0.05, 0.1) is 12.1 Å². The highest BCUT2D eigenvalue weighted by Crippen LogP contribution is 2.30. The lowest BCUT2D eigenvalue weighted by Gasteiger charge is -2.46. The summed E-state index contributed by atoms with van der Waals surface area (Å²) in [5.41, 5.74) is 2.90. The molecule has 2 aromatic rings. The Kier molecular flexibility index (Phi) is 4.86. The van der Waals surface area contributed by atoms with E-state index >= 15 is 0 Å². The predicted octanol–water partition coefficient (Wildman–Crippen LogP) is 2.00. The number of pyridine rings is 1. The fourth-order valence-corrected chi connectivity index (χ4v) is 4.45. The molecule has 3 aliphatic heterocycles. The van der Waals surface area contributed by atoms with Gasteiger partial charge in [-0.05, 0) is 29.2 Å². The average molecular weight is 410 g/mol. The first-order valence-electron chi connectivity index (χ1n) is 10.2. The quantitative estimate of drug-likeness (QED) is 0.769. The third-order valence-electron chi connectivity index (χ3n) is 6.19. The van der Waals surface area contributed by atoms with Gasteiger partial charge in [-0.15, -0.1) is 0 Å². The first-order valence-corrected chi connectivity index (χ1v) is 10.2. The molecule has 8 heteroatoms. The zero-order valence-corrected chi connectivity index (χ0v) is 16.5. The number of morpholine rings is 1. The summed E-state index contributed by atoms with van der Waals surface area (Å²) in [5, 5.41) is 2.93. The molecule has 156 valence electrons. The Hall–Kier alpha value is -3.00. The molecule has 1 aromatic heterocycles. The van der Waals surface area contributed by atoms with Crippen LogP contribution in [0.1, 0.15) is 17.9 Å². The predicted molar refractivity (Wildman–Crippen MR) is 107 cm³/mol. The summed E-state index contributed by atoms with van der Waals surface area (Å²) < 4.78 is 18.9. The molecule has 0 radical (unpaired) electrons. The Morgan fingerprint density at radius 3 is 2.67 bits per heavy atom. The lowest BCUT2D eigenvalue weighted by Crippen LogP contribution is -2.63. The van der Waals surface area contributed by atoms with Crippen LogP contribution in [0.15, 0.2) is 42.6 Å². The lowest BCUT2D eigenvalue weighted by molar-refractivity contribution is -0.139. The molecule has 3 fully saturated rings. The van der Waals surface area contributed by atoms with Crippen LogP contribution in [0.4, 0.5) is 9.18 Å². The van der Waals surface area contributed by atoms with E-state index in [0.717, 1.165) is 17.5 Å². The van der Waals surface area contributed by atoms with E-state index in [1.54, 1.807) is 6.07 Å². The molecule has 0 aliphatic carbocycles. The van der Waals surface area contributed by atoms with Crippen molar-refractivity contribution in [2.45, 2.75) is 24.5 Å². The number of piperidine rings is 1. The van der Waals surface area contributed by atoms with Crippen LogP contribution in [-0.4, -0.2) is 71.7 Å². The number of benzene rings is 1. The summed E-state index contributed by atoms with van der Waals surface area (Å²) in [5.74, 6) is -0.312. The minimum Gasteiger partial charge on any atom is -0.366 e. The van der Waals surface area contributed by atoms with E-state index in [1.807, 2.05) is 34.1 Å². The summed E-state index contributed by atoms with van der Waals surface area (Å²) >= 11 is 0. The Morgan fingerprint density at radius 2 is 1.90 bits per heavy atom. The number of ether oxygens (including phenoxy) is 1. The standard InChI is InChI=1S/C22H23FN4O3/c23-20-9-16(5-7-24-20)14-1-3-15(4-2-14)17-10-27(11-17)22(29)26-8-6-19-18(12-26)25-21(28)13-30-19/h1-5,7,9,17-19H,6,8,10-13H2,(H,25,28)/t18-,19+/m1/s1. The number of rotatable bonds is 2. The van der Waals surface area contributed by atoms with Gasteiger partial charge in [-0.1, -0.05) is 24.3 Å². The summed E-state index contributed by atoms with van der Waals surface area (Å²) in [6, 6.07) is 11.1. The van der Waals surface area contributed by atoms with Crippen LogP contribution in [0.2, 0.25) is 0 Å². The second kappa shape index (κ2) is 7.68. The summed E-state index contributed by atoms with van der Waals surface area (Å²) in [7, 11) is 0. The molecular formula is C22H23FN4O3. The first kappa shape index (κ1) is 19.0. The SMILES string of the molecule is O=C1CO[C@H]2CCN(C(=O)N3CC(c4ccc(-c5ccnc(F)c5)cc4)C3)C[C@H]2N1. The molecule has 30 heavy (non-hydrogen) atoms. The molecule has 1 aromatic carbocycles. The molecule has 3 saturated heterocycles. The van der Waals surface area contributed by atoms with Gasteiger partial charge in [0.25, 0.3) is 0 Å². The minimum absolute atomic E-state index is 0.00303. The molecular weight excluding hydrogens is 387 g/mol. The van der Waals surface area contributed by atoms with Gasteiger partial charge in [-0.3, -0.25) is 4.79 Å². The van der Waals surface area contributed by atoms with Crippen LogP contribution in [0.3, 0.4) is 0 Å². The zero-order valence-electron chi connectivity index (χ0n) is 16.5. The summed E-state index contributed by atoms with van der Waals surface area (Å²) in [6.45, 7) is 2.60. The van der Waals surface area contributed by atoms with E-state index in [9.17, 15) is 14.0 Å². The van der Waals surface area contributed by atoms with Crippen molar-refractivity contribution in [3.05, 3.63) is 54.1 Å². The number of amides is 3. The Balaban J connectivity index is 1.17. The largest absolute Gasteiger partial charge is 0.366 e. The zero-order chi connectivity index (χ0) is 20.7. The number of likely N-dealkylation sites (tertiary alicyclic amines) is 2. The number of hydrogen-bond acceptors (Lipinski definition) is 4. The van der Waals surface area contributed by atoms with Crippen LogP contribution in [0.5, 0.6) is 0 Å². The molecule has 4 heterocycles. The third kappa shape index (κ3) is 3.63. The van der Waals surface area contributed by atoms with Crippen LogP contribution >= 0.6 is 0 Å². The van der Waals surface area contributed by atoms with Gasteiger partial charge < -0.3 is 19.9 Å². The Labute approximate surface area is 173 Å². The van der Waals surface area contributed by atoms with Crippen molar-refractivity contribution in [3.63, 3.8) is 0 Å². The fraction of sp³-hybridized carbons (Fsp3) is 0.409. The second-order valence-corrected chi connectivity index (χ2v) is 8.13. The minimum atomic E-state index is -0.492. The number of hydrogen-bond donors (Lipinski definition) is 1. The van der Waals surface area contributed by atoms with E-state index in [0.29, 0.717) is 32.1 Å². The third-order valence-corrected chi connectivity index (χ3v) is 6.19. The normalized spacial score (nSPS) is 24.1. The van der Waals surface area contributed by atoms with Gasteiger partial charge in [0.2, 0.25) is 11.9 Å². The molecule has 0 bridgehead atoms. The monoisotopic (exact) mass is 410 g/mol. The molecule has 5 rings (SSSR count). The molecule has 0 unspecified atom stereocenters. The number of carbonyl (C=O) groups excluding carboxylic acids is 2. The van der Waals surface area contributed by atoms with Gasteiger partial charge >= 0.3 is 6.03 Å². The van der Waals surface area contributed by atoms with Crippen molar-refractivity contribution in [1.29, 1.82) is 0 Å². The molecule has 0 spiro atoms. The number of fused-ring (bicyclic) bond motifs is 1. The molecule has 1 N–H and O–H groups in total. The topological polar surface area (TPSA) is 74.8 Å². The van der Waals surface area contributed by atoms with Crippen molar-refractivity contribution < 1.29 is 18.7 Å². The number of carbonyl (C=O) groups is 2. The summed E-state index contributed by atoms with van der Waals surface area (Å²) in [4.78, 5) is 31.6. The smallest absolute Gasteiger partial charge is 0.320 e. The van der Waals surface area contributed by atoms with Crippen LogP contribution in [0.25, 0.3) is 11.1 Å². The van der Waals surface area contributed by atoms with Crippen molar-refractivity contribution in [2.75, 3.05) is 32.8 Å². The Bertz CT molecular complexity index is 961. The van der Waals surface area contributed by atoms with Gasteiger partial charge in [0, 0.05) is 44.4 Å². The number of urea groups is 1. The van der Waals surface area contributed by atoms with Crippen LogP contribution in [0, 0.1) is 5.95 Å². The average Bonchev–Trinajstić information content (AvgIpc) is 2.72. The molecule has 3 aliphatic rings. The van der Waals surface area contributed by atoms with E-state index in [4.69, 9.17) is 4.74 Å². The van der Waals surface area contributed by atoms with E-state index in [-0.39, 0.29) is 30.7 Å². The number of aromatic nitrogens is 1. The summed E-state index contributed by atoms with van der Waals surface area (Å²) in [6.07, 6.45) is 2.20. The fourth-order valence-electron chi connectivity index (χ4n) is 4.45. The van der Waals surface area contributed by atoms with E-state index in [2.05, 4.69) is 10.3 Å². The van der Waals surface area contributed by atoms with Crippen molar-refractivity contribution in [1.82, 2.24) is 20.1 Å². The van der Waals surface area contributed by atoms with Gasteiger partial charge in [0.15, 0.2) is 0 Å². The number of halogens is 1. The van der Waals surface area contributed by atoms with Crippen molar-refractivity contribution >= 4 is 11.9 Å². The molecule has 3 amide bonds. The van der Waals surface area contributed by atoms with Gasteiger partial charge in [-0.25, -0.2) is 9.78 Å². The number of nitrogens with zero attached hydrogens (tertiary/aromatic N) is 3. The van der Waals surface area contributed by atoms with Crippen LogP contribution < -0.4 is 5.32 Å². The highest BCUT2D eigenvalue weighted by atomic mass is 19.1. The highest BCUT2D eigenvalue weighted by Gasteiger charge is 2.40. The number of nitrogens with one attached hydrogen (secondary N) is 1. The lowest BCUT2D eigenvalue weighted by atomic mass is 9.90. The Morgan fingerprint density at radius 1 is 1.10 bits per heavy atom. The molecule has 0 saturated carbocycles. The maximum atomic E-state index is 13.3. The molecule has 2 atom stereocenters. The highest BCUT2D eigenvalue weighted by molar-refractivity contribution is 5.79. The van der Waals surface area contributed by atoms with Gasteiger partial charge in [0.1, 0.15) is 6.61 Å². The first-order chi connectivity index (χ1) is 14.6. The molecule has 7 nitrogen and oxygen atoms in total. The van der Waals surface area contributed by atoms with E-state index in [1.165, 1.54) is 17.8 Å². The van der Waals surface area contributed by atoms with Crippen LogP contribution in [-0.2, 0) is 9.53 Å². The maximum Gasteiger partial charge on any atom is 0.320 e. The van der Waals surface area contributed by atoms with Gasteiger partial charge in [-0.2, -0.15) is 4.39 Å².